The van der Waals surface area contributed by atoms with Gasteiger partial charge in [0.2, 0.25) is 5.91 Å². The molecule has 26 heavy (non-hydrogen) atoms. The molecule has 1 amide bonds. The van der Waals surface area contributed by atoms with Crippen molar-refractivity contribution < 1.29 is 9.32 Å². The summed E-state index contributed by atoms with van der Waals surface area (Å²) in [4.78, 5) is 29.8. The van der Waals surface area contributed by atoms with Crippen LogP contribution in [0.5, 0.6) is 0 Å². The highest BCUT2D eigenvalue weighted by molar-refractivity contribution is 7.18. The molecule has 4 rings (SSSR count). The number of carbonyl (C=O) groups excluding carboxylic acids is 1. The van der Waals surface area contributed by atoms with Gasteiger partial charge in [-0.2, -0.15) is 4.98 Å². The monoisotopic (exact) mass is 370 g/mol. The molecule has 0 bridgehead atoms. The van der Waals surface area contributed by atoms with Crippen molar-refractivity contribution in [2.24, 2.45) is 0 Å². The van der Waals surface area contributed by atoms with Crippen molar-refractivity contribution in [3.05, 3.63) is 30.5 Å². The maximum absolute atomic E-state index is 11.7. The molecule has 1 aliphatic carbocycles. The van der Waals surface area contributed by atoms with Crippen molar-refractivity contribution in [3.8, 4) is 21.6 Å². The van der Waals surface area contributed by atoms with Crippen LogP contribution in [0.15, 0.2) is 29.2 Å². The fourth-order valence-corrected chi connectivity index (χ4v) is 4.09. The van der Waals surface area contributed by atoms with E-state index in [9.17, 15) is 4.79 Å². The molecule has 1 saturated carbocycles. The Morgan fingerprint density at radius 3 is 2.69 bits per heavy atom. The molecule has 0 unspecified atom stereocenters. The molecule has 0 saturated heterocycles. The summed E-state index contributed by atoms with van der Waals surface area (Å²) in [6.07, 6.45) is 9.87. The maximum atomic E-state index is 11.7. The largest absolute Gasteiger partial charge is 0.343 e. The van der Waals surface area contributed by atoms with Gasteiger partial charge >= 0.3 is 0 Å². The van der Waals surface area contributed by atoms with Crippen LogP contribution in [0.25, 0.3) is 21.6 Å². The fraction of sp³-hybridized carbons (Fsp3) is 0.412. The minimum absolute atomic E-state index is 0.0837. The summed E-state index contributed by atoms with van der Waals surface area (Å²) < 4.78 is 5.48. The average molecular weight is 370 g/mol. The standard InChI is InChI=1S/C17H18N6O2S/c1-11(24)22-17(6-3-2-4-7-17)16-21-14(25-23-16)12-10-20-15(26-12)13-18-8-5-9-19-13/h5,8-10H,2-4,6-7H2,1H3,(H,22,24). The first-order chi connectivity index (χ1) is 12.7. The van der Waals surface area contributed by atoms with Crippen LogP contribution >= 0.6 is 11.3 Å². The highest BCUT2D eigenvalue weighted by Crippen LogP contribution is 2.37. The molecule has 3 heterocycles. The molecule has 0 aliphatic heterocycles. The Kier molecular flexibility index (Phi) is 4.46. The zero-order valence-corrected chi connectivity index (χ0v) is 15.1. The van der Waals surface area contributed by atoms with E-state index < -0.39 is 5.54 Å². The summed E-state index contributed by atoms with van der Waals surface area (Å²) in [5, 5.41) is 7.91. The summed E-state index contributed by atoms with van der Waals surface area (Å²) in [5.41, 5.74) is -0.540. The van der Waals surface area contributed by atoms with Crippen LogP contribution in [0.3, 0.4) is 0 Å². The smallest absolute Gasteiger partial charge is 0.269 e. The van der Waals surface area contributed by atoms with Crippen molar-refractivity contribution in [1.29, 1.82) is 0 Å². The van der Waals surface area contributed by atoms with Crippen LogP contribution in [-0.2, 0) is 10.3 Å². The molecule has 0 spiro atoms. The van der Waals surface area contributed by atoms with Crippen LogP contribution in [0.4, 0.5) is 0 Å². The summed E-state index contributed by atoms with van der Waals surface area (Å²) in [5.74, 6) is 1.41. The number of hydrogen-bond donors (Lipinski definition) is 1. The Bertz CT molecular complexity index is 901. The van der Waals surface area contributed by atoms with Crippen LogP contribution < -0.4 is 5.32 Å². The number of carbonyl (C=O) groups is 1. The second-order valence-corrected chi connectivity index (χ2v) is 7.38. The first kappa shape index (κ1) is 16.8. The van der Waals surface area contributed by atoms with E-state index in [2.05, 4.69) is 30.4 Å². The number of nitrogens with one attached hydrogen (secondary N) is 1. The Hall–Kier alpha value is -2.68. The van der Waals surface area contributed by atoms with Gasteiger partial charge in [0, 0.05) is 19.3 Å². The number of thiazole rings is 1. The van der Waals surface area contributed by atoms with E-state index in [0.717, 1.165) is 37.0 Å². The third-order valence-electron chi connectivity index (χ3n) is 4.45. The van der Waals surface area contributed by atoms with E-state index in [1.807, 2.05) is 0 Å². The van der Waals surface area contributed by atoms with Gasteiger partial charge in [-0.05, 0) is 18.9 Å². The number of amides is 1. The first-order valence-corrected chi connectivity index (χ1v) is 9.34. The van der Waals surface area contributed by atoms with Crippen molar-refractivity contribution in [2.45, 2.75) is 44.6 Å². The summed E-state index contributed by atoms with van der Waals surface area (Å²) >= 11 is 1.39. The Labute approximate surface area is 154 Å². The molecular weight excluding hydrogens is 352 g/mol. The van der Waals surface area contributed by atoms with Crippen molar-refractivity contribution in [3.63, 3.8) is 0 Å². The van der Waals surface area contributed by atoms with Gasteiger partial charge in [0.15, 0.2) is 16.7 Å². The lowest BCUT2D eigenvalue weighted by Crippen LogP contribution is -2.47. The van der Waals surface area contributed by atoms with Crippen molar-refractivity contribution >= 4 is 17.2 Å². The molecule has 3 aromatic heterocycles. The molecule has 0 radical (unpaired) electrons. The second kappa shape index (κ2) is 6.91. The van der Waals surface area contributed by atoms with Crippen LogP contribution in [-0.4, -0.2) is 31.0 Å². The van der Waals surface area contributed by atoms with Crippen LogP contribution in [0.1, 0.15) is 44.9 Å². The molecule has 3 aromatic rings. The predicted octanol–water partition coefficient (Wildman–Crippen LogP) is 2.95. The molecule has 1 aliphatic rings. The van der Waals surface area contributed by atoms with Gasteiger partial charge in [-0.15, -0.1) is 11.3 Å². The van der Waals surface area contributed by atoms with Gasteiger partial charge in [0.25, 0.3) is 5.89 Å². The van der Waals surface area contributed by atoms with E-state index in [1.54, 1.807) is 24.7 Å². The Morgan fingerprint density at radius 1 is 1.19 bits per heavy atom. The second-order valence-electron chi connectivity index (χ2n) is 6.35. The summed E-state index contributed by atoms with van der Waals surface area (Å²) in [7, 11) is 0. The normalized spacial score (nSPS) is 16.3. The maximum Gasteiger partial charge on any atom is 0.269 e. The van der Waals surface area contributed by atoms with E-state index in [0.29, 0.717) is 22.5 Å². The summed E-state index contributed by atoms with van der Waals surface area (Å²) in [6.45, 7) is 1.52. The Morgan fingerprint density at radius 2 is 1.96 bits per heavy atom. The minimum atomic E-state index is -0.540. The zero-order valence-electron chi connectivity index (χ0n) is 14.3. The van der Waals surface area contributed by atoms with E-state index in [1.165, 1.54) is 18.3 Å². The van der Waals surface area contributed by atoms with Gasteiger partial charge in [-0.3, -0.25) is 4.79 Å². The van der Waals surface area contributed by atoms with Crippen LogP contribution in [0, 0.1) is 0 Å². The van der Waals surface area contributed by atoms with E-state index >= 15 is 0 Å². The van der Waals surface area contributed by atoms with Gasteiger partial charge < -0.3 is 9.84 Å². The summed E-state index contributed by atoms with van der Waals surface area (Å²) in [6, 6.07) is 1.76. The minimum Gasteiger partial charge on any atom is -0.343 e. The van der Waals surface area contributed by atoms with Gasteiger partial charge in [-0.1, -0.05) is 24.4 Å². The van der Waals surface area contributed by atoms with E-state index in [4.69, 9.17) is 4.52 Å². The van der Waals surface area contributed by atoms with Gasteiger partial charge in [0.1, 0.15) is 10.4 Å². The molecule has 8 nitrogen and oxygen atoms in total. The number of rotatable bonds is 4. The molecule has 1 fully saturated rings. The topological polar surface area (TPSA) is 107 Å². The average Bonchev–Trinajstić information content (AvgIpc) is 3.32. The molecule has 0 aromatic carbocycles. The third-order valence-corrected chi connectivity index (χ3v) is 5.43. The number of hydrogen-bond acceptors (Lipinski definition) is 8. The lowest BCUT2D eigenvalue weighted by molar-refractivity contribution is -0.121. The molecule has 9 heteroatoms. The van der Waals surface area contributed by atoms with Crippen molar-refractivity contribution in [2.75, 3.05) is 0 Å². The first-order valence-electron chi connectivity index (χ1n) is 8.53. The third kappa shape index (κ3) is 3.22. The van der Waals surface area contributed by atoms with Crippen LogP contribution in [0.2, 0.25) is 0 Å². The van der Waals surface area contributed by atoms with Gasteiger partial charge in [0.05, 0.1) is 6.20 Å². The Balaban J connectivity index is 1.63. The fourth-order valence-electron chi connectivity index (χ4n) is 3.30. The predicted molar refractivity (Wildman–Crippen MR) is 95.0 cm³/mol. The molecule has 0 atom stereocenters. The zero-order chi connectivity index (χ0) is 18.0. The lowest BCUT2D eigenvalue weighted by atomic mass is 9.81. The SMILES string of the molecule is CC(=O)NC1(c2noc(-c3cnc(-c4ncccn4)s3)n2)CCCCC1. The number of aromatic nitrogens is 5. The quantitative estimate of drug-likeness (QED) is 0.752. The van der Waals surface area contributed by atoms with Gasteiger partial charge in [-0.25, -0.2) is 15.0 Å². The van der Waals surface area contributed by atoms with Crippen molar-refractivity contribution in [1.82, 2.24) is 30.4 Å². The lowest BCUT2D eigenvalue weighted by Gasteiger charge is -2.34. The molecule has 1 N–H and O–H groups in total. The number of nitrogens with zero attached hydrogens (tertiary/aromatic N) is 5. The highest BCUT2D eigenvalue weighted by Gasteiger charge is 2.39. The van der Waals surface area contributed by atoms with E-state index in [-0.39, 0.29) is 5.91 Å². The highest BCUT2D eigenvalue weighted by atomic mass is 32.1. The molecular formula is C17H18N6O2S. The molecule has 134 valence electrons.